The molecule has 1 fully saturated rings. The van der Waals surface area contributed by atoms with Gasteiger partial charge in [0.25, 0.3) is 0 Å². The standard InChI is InChI=1S/C17H26ClN3O.2ClH/c1-17(2,3)15(19)16(22)21-9-7-20(8-10-21)12-13-5-4-6-14(18)11-13;;/h4-6,11,15H,7-10,12,19H2,1-3H3;2*1H/t15-;;/m1../s1. The van der Waals surface area contributed by atoms with Crippen LogP contribution in [0.3, 0.4) is 0 Å². The van der Waals surface area contributed by atoms with Crippen LogP contribution in [0.4, 0.5) is 0 Å². The summed E-state index contributed by atoms with van der Waals surface area (Å²) in [7, 11) is 0. The minimum Gasteiger partial charge on any atom is -0.339 e. The van der Waals surface area contributed by atoms with Crippen LogP contribution < -0.4 is 5.73 Å². The topological polar surface area (TPSA) is 49.6 Å². The number of rotatable bonds is 3. The van der Waals surface area contributed by atoms with E-state index in [0.29, 0.717) is 0 Å². The van der Waals surface area contributed by atoms with Crippen LogP contribution in [0.2, 0.25) is 5.02 Å². The van der Waals surface area contributed by atoms with E-state index in [9.17, 15) is 4.79 Å². The Bertz CT molecular complexity index is 526. The van der Waals surface area contributed by atoms with Crippen LogP contribution in [0.25, 0.3) is 0 Å². The first-order chi connectivity index (χ1) is 10.3. The molecule has 1 aromatic carbocycles. The lowest BCUT2D eigenvalue weighted by Crippen LogP contribution is -2.56. The maximum absolute atomic E-state index is 12.4. The fourth-order valence-corrected chi connectivity index (χ4v) is 2.80. The van der Waals surface area contributed by atoms with Crippen molar-refractivity contribution >= 4 is 42.3 Å². The van der Waals surface area contributed by atoms with Gasteiger partial charge in [-0.2, -0.15) is 0 Å². The molecule has 1 aliphatic heterocycles. The van der Waals surface area contributed by atoms with Gasteiger partial charge in [0.2, 0.25) is 5.91 Å². The van der Waals surface area contributed by atoms with Crippen LogP contribution in [0.15, 0.2) is 24.3 Å². The van der Waals surface area contributed by atoms with Crippen LogP contribution in [-0.4, -0.2) is 47.9 Å². The molecule has 24 heavy (non-hydrogen) atoms. The van der Waals surface area contributed by atoms with Gasteiger partial charge in [-0.1, -0.05) is 44.5 Å². The molecule has 7 heteroatoms. The number of nitrogens with zero attached hydrogens (tertiary/aromatic N) is 2. The maximum atomic E-state index is 12.4. The monoisotopic (exact) mass is 395 g/mol. The van der Waals surface area contributed by atoms with Gasteiger partial charge >= 0.3 is 0 Å². The summed E-state index contributed by atoms with van der Waals surface area (Å²) in [6.45, 7) is 10.1. The Kier molecular flexibility index (Phi) is 9.62. The van der Waals surface area contributed by atoms with Crippen LogP contribution >= 0.6 is 36.4 Å². The first-order valence-electron chi connectivity index (χ1n) is 7.78. The molecule has 1 aromatic rings. The van der Waals surface area contributed by atoms with E-state index in [0.717, 1.165) is 37.7 Å². The molecule has 1 heterocycles. The van der Waals surface area contributed by atoms with Crippen molar-refractivity contribution in [1.82, 2.24) is 9.80 Å². The number of halogens is 3. The van der Waals surface area contributed by atoms with Crippen LogP contribution in [0.1, 0.15) is 26.3 Å². The molecular formula is C17H28Cl3N3O. The molecule has 0 spiro atoms. The van der Waals surface area contributed by atoms with Gasteiger partial charge in [-0.15, -0.1) is 24.8 Å². The first kappa shape index (κ1) is 23.5. The van der Waals surface area contributed by atoms with Gasteiger partial charge in [-0.25, -0.2) is 0 Å². The molecule has 1 amide bonds. The Labute approximate surface area is 162 Å². The Hall–Kier alpha value is -0.520. The number of piperazine rings is 1. The number of carbonyl (C=O) groups is 1. The van der Waals surface area contributed by atoms with Crippen LogP contribution in [0.5, 0.6) is 0 Å². The lowest BCUT2D eigenvalue weighted by Gasteiger charge is -2.38. The smallest absolute Gasteiger partial charge is 0.240 e. The highest BCUT2D eigenvalue weighted by Gasteiger charge is 2.32. The van der Waals surface area contributed by atoms with Gasteiger partial charge in [0.15, 0.2) is 0 Å². The summed E-state index contributed by atoms with van der Waals surface area (Å²) >= 11 is 6.02. The number of amides is 1. The predicted molar refractivity (Wildman–Crippen MR) is 105 cm³/mol. The fraction of sp³-hybridized carbons (Fsp3) is 0.588. The third-order valence-electron chi connectivity index (χ3n) is 4.18. The minimum absolute atomic E-state index is 0. The molecule has 0 bridgehead atoms. The lowest BCUT2D eigenvalue weighted by molar-refractivity contribution is -0.136. The number of hydrogen-bond donors (Lipinski definition) is 1. The maximum Gasteiger partial charge on any atom is 0.240 e. The van der Waals surface area contributed by atoms with E-state index in [1.807, 2.05) is 43.9 Å². The van der Waals surface area contributed by atoms with Crippen LogP contribution in [-0.2, 0) is 11.3 Å². The van der Waals surface area contributed by atoms with Gasteiger partial charge in [0.05, 0.1) is 6.04 Å². The average molecular weight is 397 g/mol. The van der Waals surface area contributed by atoms with Crippen molar-refractivity contribution in [2.75, 3.05) is 26.2 Å². The van der Waals surface area contributed by atoms with E-state index in [1.165, 1.54) is 5.56 Å². The van der Waals surface area contributed by atoms with Gasteiger partial charge in [-0.3, -0.25) is 9.69 Å². The van der Waals surface area contributed by atoms with Crippen molar-refractivity contribution in [3.8, 4) is 0 Å². The van der Waals surface area contributed by atoms with Crippen molar-refractivity contribution < 1.29 is 4.79 Å². The zero-order valence-electron chi connectivity index (χ0n) is 14.5. The van der Waals surface area contributed by atoms with Gasteiger partial charge in [-0.05, 0) is 23.1 Å². The van der Waals surface area contributed by atoms with Crippen molar-refractivity contribution in [2.24, 2.45) is 11.1 Å². The molecule has 0 aromatic heterocycles. The van der Waals surface area contributed by atoms with Gasteiger partial charge < -0.3 is 10.6 Å². The average Bonchev–Trinajstić information content (AvgIpc) is 2.45. The minimum atomic E-state index is -0.438. The summed E-state index contributed by atoms with van der Waals surface area (Å²) in [5, 5.41) is 0.766. The number of benzene rings is 1. The number of hydrogen-bond acceptors (Lipinski definition) is 3. The first-order valence-corrected chi connectivity index (χ1v) is 8.16. The van der Waals surface area contributed by atoms with Crippen molar-refractivity contribution in [3.63, 3.8) is 0 Å². The second-order valence-corrected chi connectivity index (χ2v) is 7.51. The van der Waals surface area contributed by atoms with Gasteiger partial charge in [0.1, 0.15) is 0 Å². The Balaban J connectivity index is 0.00000264. The second-order valence-electron chi connectivity index (χ2n) is 7.08. The molecule has 0 unspecified atom stereocenters. The summed E-state index contributed by atoms with van der Waals surface area (Å²) in [5.41, 5.74) is 7.09. The van der Waals surface area contributed by atoms with E-state index in [1.54, 1.807) is 0 Å². The summed E-state index contributed by atoms with van der Waals surface area (Å²) in [4.78, 5) is 16.7. The van der Waals surface area contributed by atoms with E-state index in [-0.39, 0.29) is 36.1 Å². The third-order valence-corrected chi connectivity index (χ3v) is 4.41. The zero-order valence-corrected chi connectivity index (χ0v) is 16.9. The Morgan fingerprint density at radius 1 is 1.21 bits per heavy atom. The highest BCUT2D eigenvalue weighted by Crippen LogP contribution is 2.20. The fourth-order valence-electron chi connectivity index (χ4n) is 2.59. The highest BCUT2D eigenvalue weighted by atomic mass is 35.5. The van der Waals surface area contributed by atoms with E-state index in [2.05, 4.69) is 11.0 Å². The molecule has 0 radical (unpaired) electrons. The largest absolute Gasteiger partial charge is 0.339 e. The predicted octanol–water partition coefficient (Wildman–Crippen LogP) is 3.20. The summed E-state index contributed by atoms with van der Waals surface area (Å²) in [6, 6.07) is 7.50. The molecule has 2 N–H and O–H groups in total. The molecule has 138 valence electrons. The van der Waals surface area contributed by atoms with Gasteiger partial charge in [0, 0.05) is 37.7 Å². The third kappa shape index (κ3) is 6.41. The summed E-state index contributed by atoms with van der Waals surface area (Å²) < 4.78 is 0. The molecule has 4 nitrogen and oxygen atoms in total. The van der Waals surface area contributed by atoms with Crippen LogP contribution in [0, 0.1) is 5.41 Å². The highest BCUT2D eigenvalue weighted by molar-refractivity contribution is 6.30. The van der Waals surface area contributed by atoms with Crippen molar-refractivity contribution in [2.45, 2.75) is 33.4 Å². The summed E-state index contributed by atoms with van der Waals surface area (Å²) in [6.07, 6.45) is 0. The quantitative estimate of drug-likeness (QED) is 0.853. The van der Waals surface area contributed by atoms with E-state index in [4.69, 9.17) is 17.3 Å². The molecule has 1 saturated heterocycles. The normalized spacial score (nSPS) is 16.8. The molecule has 0 saturated carbocycles. The molecule has 2 rings (SSSR count). The summed E-state index contributed by atoms with van der Waals surface area (Å²) in [5.74, 6) is 0.0647. The molecule has 1 atom stereocenters. The Morgan fingerprint density at radius 3 is 2.29 bits per heavy atom. The zero-order chi connectivity index (χ0) is 16.3. The molecular weight excluding hydrogens is 369 g/mol. The van der Waals surface area contributed by atoms with E-state index >= 15 is 0 Å². The molecule has 0 aliphatic carbocycles. The number of carbonyl (C=O) groups excluding carboxylic acids is 1. The van der Waals surface area contributed by atoms with Crippen molar-refractivity contribution in [1.29, 1.82) is 0 Å². The van der Waals surface area contributed by atoms with Crippen molar-refractivity contribution in [3.05, 3.63) is 34.9 Å². The number of nitrogens with two attached hydrogens (primary N) is 1. The lowest BCUT2D eigenvalue weighted by atomic mass is 9.86. The second kappa shape index (κ2) is 9.83. The Morgan fingerprint density at radius 2 is 1.79 bits per heavy atom. The SMILES string of the molecule is CC(C)(C)[C@H](N)C(=O)N1CCN(Cc2cccc(Cl)c2)CC1.Cl.Cl. The van der Waals surface area contributed by atoms with E-state index < -0.39 is 6.04 Å². The molecule has 1 aliphatic rings.